The van der Waals surface area contributed by atoms with E-state index in [0.717, 1.165) is 23.3 Å². The second-order valence-electron chi connectivity index (χ2n) is 2.94. The van der Waals surface area contributed by atoms with Crippen LogP contribution in [0.3, 0.4) is 0 Å². The molecule has 2 heterocycles. The molecule has 0 saturated carbocycles. The molecule has 14 heavy (non-hydrogen) atoms. The molecule has 1 saturated heterocycles. The highest BCUT2D eigenvalue weighted by atomic mass is 32.2. The van der Waals surface area contributed by atoms with E-state index < -0.39 is 0 Å². The Morgan fingerprint density at radius 1 is 1.43 bits per heavy atom. The van der Waals surface area contributed by atoms with Crippen molar-refractivity contribution in [3.8, 4) is 0 Å². The van der Waals surface area contributed by atoms with Crippen LogP contribution in [0.1, 0.15) is 0 Å². The topological polar surface area (TPSA) is 70.3 Å². The van der Waals surface area contributed by atoms with E-state index in [1.807, 2.05) is 0 Å². The van der Waals surface area contributed by atoms with Crippen molar-refractivity contribution in [1.29, 1.82) is 0 Å². The number of hydrogen-bond donors (Lipinski definition) is 1. The number of ether oxygens (including phenoxy) is 2. The first-order valence-corrected chi connectivity index (χ1v) is 6.02. The van der Waals surface area contributed by atoms with Gasteiger partial charge in [-0.3, -0.25) is 0 Å². The van der Waals surface area contributed by atoms with Gasteiger partial charge in [-0.25, -0.2) is 0 Å². The second kappa shape index (κ2) is 4.92. The Morgan fingerprint density at radius 3 is 2.86 bits per heavy atom. The van der Waals surface area contributed by atoms with Gasteiger partial charge < -0.3 is 15.2 Å². The van der Waals surface area contributed by atoms with Gasteiger partial charge in [-0.05, 0) is 0 Å². The van der Waals surface area contributed by atoms with Gasteiger partial charge in [0, 0.05) is 11.7 Å². The van der Waals surface area contributed by atoms with Crippen LogP contribution in [-0.2, 0) is 9.47 Å². The maximum absolute atomic E-state index is 5.47. The molecule has 0 spiro atoms. The predicted molar refractivity (Wildman–Crippen MR) is 55.3 cm³/mol. The number of anilines is 1. The van der Waals surface area contributed by atoms with E-state index in [1.54, 1.807) is 11.8 Å². The highest BCUT2D eigenvalue weighted by Crippen LogP contribution is 2.26. The molecule has 1 aromatic heterocycles. The fourth-order valence-corrected chi connectivity index (χ4v) is 2.81. The summed E-state index contributed by atoms with van der Waals surface area (Å²) < 4.78 is 11.3. The van der Waals surface area contributed by atoms with Crippen molar-refractivity contribution >= 4 is 28.2 Å². The van der Waals surface area contributed by atoms with Gasteiger partial charge in [-0.1, -0.05) is 23.1 Å². The van der Waals surface area contributed by atoms with Crippen molar-refractivity contribution in [2.45, 2.75) is 4.34 Å². The molecule has 7 heteroatoms. The molecule has 1 aliphatic rings. The molecule has 0 radical (unpaired) electrons. The van der Waals surface area contributed by atoms with Crippen molar-refractivity contribution in [2.24, 2.45) is 5.92 Å². The Kier molecular flexibility index (Phi) is 3.57. The molecule has 0 aliphatic carbocycles. The molecule has 1 aliphatic heterocycles. The summed E-state index contributed by atoms with van der Waals surface area (Å²) in [4.78, 5) is 0. The molecular formula is C7H11N3O2S2. The van der Waals surface area contributed by atoms with E-state index in [9.17, 15) is 0 Å². The first kappa shape index (κ1) is 10.2. The van der Waals surface area contributed by atoms with Crippen molar-refractivity contribution in [2.75, 3.05) is 31.5 Å². The summed E-state index contributed by atoms with van der Waals surface area (Å²) in [6.07, 6.45) is 0. The molecule has 1 aromatic rings. The van der Waals surface area contributed by atoms with Crippen LogP contribution in [0.5, 0.6) is 0 Å². The quantitative estimate of drug-likeness (QED) is 0.780. The number of nitrogens with two attached hydrogens (primary N) is 1. The van der Waals surface area contributed by atoms with Crippen LogP contribution in [0.25, 0.3) is 0 Å². The summed E-state index contributed by atoms with van der Waals surface area (Å²) in [5, 5.41) is 8.19. The standard InChI is InChI=1S/C7H11N3O2S2/c8-6-9-10-7(14-6)13-3-5-1-11-4-12-2-5/h5H,1-4H2,(H2,8,9). The molecule has 0 bridgehead atoms. The summed E-state index contributed by atoms with van der Waals surface area (Å²) in [7, 11) is 0. The van der Waals surface area contributed by atoms with E-state index in [-0.39, 0.29) is 0 Å². The number of rotatable bonds is 3. The minimum Gasteiger partial charge on any atom is -0.374 e. The molecule has 0 aromatic carbocycles. The Morgan fingerprint density at radius 2 is 2.21 bits per heavy atom. The van der Waals surface area contributed by atoms with E-state index in [2.05, 4.69) is 10.2 Å². The summed E-state index contributed by atoms with van der Waals surface area (Å²) in [6.45, 7) is 1.95. The van der Waals surface area contributed by atoms with E-state index in [0.29, 0.717) is 17.8 Å². The van der Waals surface area contributed by atoms with Crippen LogP contribution in [0.4, 0.5) is 5.13 Å². The molecule has 0 unspecified atom stereocenters. The number of nitrogens with zero attached hydrogens (tertiary/aromatic N) is 2. The molecule has 5 nitrogen and oxygen atoms in total. The molecule has 0 atom stereocenters. The number of thioether (sulfide) groups is 1. The second-order valence-corrected chi connectivity index (χ2v) is 5.22. The maximum Gasteiger partial charge on any atom is 0.203 e. The van der Waals surface area contributed by atoms with Gasteiger partial charge in [0.15, 0.2) is 4.34 Å². The number of nitrogen functional groups attached to an aromatic ring is 1. The third-order valence-corrected chi connectivity index (χ3v) is 3.86. The van der Waals surface area contributed by atoms with Crippen LogP contribution in [-0.4, -0.2) is 36.0 Å². The zero-order valence-electron chi connectivity index (χ0n) is 7.51. The Labute approximate surface area is 90.0 Å². The summed E-state index contributed by atoms with van der Waals surface area (Å²) in [5.74, 6) is 1.38. The highest BCUT2D eigenvalue weighted by molar-refractivity contribution is 8.01. The Bertz CT molecular complexity index is 288. The van der Waals surface area contributed by atoms with Crippen LogP contribution in [0.15, 0.2) is 4.34 Å². The Hall–Kier alpha value is -0.370. The maximum atomic E-state index is 5.47. The molecule has 2 N–H and O–H groups in total. The first-order chi connectivity index (χ1) is 6.84. The van der Waals surface area contributed by atoms with Crippen LogP contribution >= 0.6 is 23.1 Å². The lowest BCUT2D eigenvalue weighted by Crippen LogP contribution is -2.25. The fourth-order valence-electron chi connectivity index (χ4n) is 1.10. The van der Waals surface area contributed by atoms with Gasteiger partial charge in [-0.2, -0.15) is 0 Å². The van der Waals surface area contributed by atoms with Crippen LogP contribution in [0.2, 0.25) is 0 Å². The molecule has 0 amide bonds. The average molecular weight is 233 g/mol. The van der Waals surface area contributed by atoms with Gasteiger partial charge in [0.25, 0.3) is 0 Å². The third-order valence-electron chi connectivity index (χ3n) is 1.74. The SMILES string of the molecule is Nc1nnc(SCC2COCOC2)s1. The Balaban J connectivity index is 1.76. The van der Waals surface area contributed by atoms with E-state index in [4.69, 9.17) is 15.2 Å². The van der Waals surface area contributed by atoms with Gasteiger partial charge >= 0.3 is 0 Å². The summed E-state index contributed by atoms with van der Waals surface area (Å²) in [6, 6.07) is 0. The lowest BCUT2D eigenvalue weighted by Gasteiger charge is -2.21. The molecule has 2 rings (SSSR count). The lowest BCUT2D eigenvalue weighted by molar-refractivity contribution is -0.120. The van der Waals surface area contributed by atoms with Gasteiger partial charge in [0.05, 0.1) is 13.2 Å². The van der Waals surface area contributed by atoms with Gasteiger partial charge in [0.1, 0.15) is 6.79 Å². The summed E-state index contributed by atoms with van der Waals surface area (Å²) in [5.41, 5.74) is 5.47. The van der Waals surface area contributed by atoms with Crippen LogP contribution < -0.4 is 5.73 Å². The minimum absolute atomic E-state index is 0.424. The third kappa shape index (κ3) is 2.81. The average Bonchev–Trinajstić information content (AvgIpc) is 2.63. The van der Waals surface area contributed by atoms with Gasteiger partial charge in [-0.15, -0.1) is 10.2 Å². The van der Waals surface area contributed by atoms with E-state index >= 15 is 0 Å². The van der Waals surface area contributed by atoms with Crippen molar-refractivity contribution in [3.63, 3.8) is 0 Å². The summed E-state index contributed by atoms with van der Waals surface area (Å²) >= 11 is 3.07. The zero-order chi connectivity index (χ0) is 9.80. The van der Waals surface area contributed by atoms with Gasteiger partial charge in [0.2, 0.25) is 5.13 Å². The molecule has 78 valence electrons. The lowest BCUT2D eigenvalue weighted by atomic mass is 10.2. The molecule has 1 fully saturated rings. The van der Waals surface area contributed by atoms with Crippen molar-refractivity contribution in [3.05, 3.63) is 0 Å². The smallest absolute Gasteiger partial charge is 0.203 e. The zero-order valence-corrected chi connectivity index (χ0v) is 9.14. The highest BCUT2D eigenvalue weighted by Gasteiger charge is 2.15. The largest absolute Gasteiger partial charge is 0.374 e. The fraction of sp³-hybridized carbons (Fsp3) is 0.714. The first-order valence-electron chi connectivity index (χ1n) is 4.22. The normalized spacial score (nSPS) is 18.6. The molecular weight excluding hydrogens is 222 g/mol. The van der Waals surface area contributed by atoms with Crippen molar-refractivity contribution in [1.82, 2.24) is 10.2 Å². The van der Waals surface area contributed by atoms with E-state index in [1.165, 1.54) is 11.3 Å². The predicted octanol–water partition coefficient (Wildman–Crippen LogP) is 0.833. The number of aromatic nitrogens is 2. The number of hydrogen-bond acceptors (Lipinski definition) is 7. The van der Waals surface area contributed by atoms with Crippen molar-refractivity contribution < 1.29 is 9.47 Å². The minimum atomic E-state index is 0.424. The monoisotopic (exact) mass is 233 g/mol. The van der Waals surface area contributed by atoms with Crippen LogP contribution in [0, 0.1) is 5.92 Å².